The van der Waals surface area contributed by atoms with Crippen molar-refractivity contribution in [2.24, 2.45) is 4.99 Å². The molecule has 1 aromatic rings. The van der Waals surface area contributed by atoms with Crippen molar-refractivity contribution in [3.8, 4) is 5.75 Å². The van der Waals surface area contributed by atoms with Crippen molar-refractivity contribution in [3.05, 3.63) is 29.3 Å². The highest BCUT2D eigenvalue weighted by molar-refractivity contribution is 8.15. The van der Waals surface area contributed by atoms with Crippen molar-refractivity contribution in [1.29, 1.82) is 5.41 Å². The first-order chi connectivity index (χ1) is 7.58. The van der Waals surface area contributed by atoms with E-state index in [1.165, 1.54) is 11.8 Å². The van der Waals surface area contributed by atoms with E-state index < -0.39 is 0 Å². The number of thioether (sulfide) groups is 1. The molecular formula is C12H16N2OS. The molecule has 4 heteroatoms. The molecule has 3 nitrogen and oxygen atoms in total. The molecule has 0 saturated heterocycles. The van der Waals surface area contributed by atoms with Gasteiger partial charge in [0, 0.05) is 12.1 Å². The van der Waals surface area contributed by atoms with Crippen LogP contribution in [-0.4, -0.2) is 28.7 Å². The highest BCUT2D eigenvalue weighted by Crippen LogP contribution is 2.17. The van der Waals surface area contributed by atoms with Gasteiger partial charge in [0.05, 0.1) is 5.71 Å². The Morgan fingerprint density at radius 3 is 2.62 bits per heavy atom. The van der Waals surface area contributed by atoms with Gasteiger partial charge < -0.3 is 5.11 Å². The molecule has 16 heavy (non-hydrogen) atoms. The van der Waals surface area contributed by atoms with Crippen molar-refractivity contribution in [2.75, 3.05) is 12.8 Å². The van der Waals surface area contributed by atoms with Crippen molar-refractivity contribution < 1.29 is 5.11 Å². The molecule has 86 valence electrons. The van der Waals surface area contributed by atoms with Gasteiger partial charge in [0.25, 0.3) is 0 Å². The molecule has 0 spiro atoms. The van der Waals surface area contributed by atoms with Gasteiger partial charge in [-0.1, -0.05) is 0 Å². The zero-order valence-electron chi connectivity index (χ0n) is 9.74. The number of aryl methyl sites for hydroxylation is 1. The van der Waals surface area contributed by atoms with Gasteiger partial charge in [0.2, 0.25) is 0 Å². The van der Waals surface area contributed by atoms with Gasteiger partial charge in [0.1, 0.15) is 10.8 Å². The Morgan fingerprint density at radius 1 is 1.44 bits per heavy atom. The number of benzene rings is 1. The summed E-state index contributed by atoms with van der Waals surface area (Å²) in [4.78, 5) is 4.25. The molecule has 1 rings (SSSR count). The zero-order chi connectivity index (χ0) is 12.1. The van der Waals surface area contributed by atoms with Crippen LogP contribution in [0.2, 0.25) is 0 Å². The molecule has 0 bridgehead atoms. The fourth-order valence-corrected chi connectivity index (χ4v) is 2.00. The highest BCUT2D eigenvalue weighted by atomic mass is 32.2. The van der Waals surface area contributed by atoms with Crippen molar-refractivity contribution in [3.63, 3.8) is 0 Å². The first-order valence-corrected chi connectivity index (χ1v) is 6.29. The van der Waals surface area contributed by atoms with Gasteiger partial charge in [-0.2, -0.15) is 0 Å². The normalized spacial score (nSPS) is 11.6. The van der Waals surface area contributed by atoms with Crippen LogP contribution in [0.15, 0.2) is 23.2 Å². The van der Waals surface area contributed by atoms with E-state index in [2.05, 4.69) is 4.99 Å². The van der Waals surface area contributed by atoms with Gasteiger partial charge >= 0.3 is 0 Å². The Kier molecular flexibility index (Phi) is 4.55. The van der Waals surface area contributed by atoms with E-state index in [0.29, 0.717) is 22.9 Å². The Balaban J connectivity index is 3.08. The molecule has 1 aromatic carbocycles. The van der Waals surface area contributed by atoms with Crippen LogP contribution in [-0.2, 0) is 0 Å². The van der Waals surface area contributed by atoms with Crippen LogP contribution in [0.25, 0.3) is 0 Å². The summed E-state index contributed by atoms with van der Waals surface area (Å²) in [6, 6.07) is 5.15. The van der Waals surface area contributed by atoms with Crippen LogP contribution in [0.1, 0.15) is 18.1 Å². The molecule has 0 aromatic heterocycles. The predicted molar refractivity (Wildman–Crippen MR) is 71.2 cm³/mol. The fraction of sp³-hybridized carbons (Fsp3) is 0.333. The van der Waals surface area contributed by atoms with Crippen LogP contribution in [0.5, 0.6) is 5.75 Å². The average Bonchev–Trinajstić information content (AvgIpc) is 2.23. The van der Waals surface area contributed by atoms with Crippen molar-refractivity contribution in [1.82, 2.24) is 0 Å². The standard InChI is InChI=1S/C12H16N2OS/c1-4-14-12(16-3)11(13)9-5-8(2)6-10(15)7-9/h5-7,13,15H,4H2,1-3H3. The smallest absolute Gasteiger partial charge is 0.116 e. The second kappa shape index (κ2) is 5.70. The minimum absolute atomic E-state index is 0.191. The Hall–Kier alpha value is -1.29. The number of rotatable bonds is 3. The van der Waals surface area contributed by atoms with E-state index >= 15 is 0 Å². The summed E-state index contributed by atoms with van der Waals surface area (Å²) >= 11 is 1.45. The van der Waals surface area contributed by atoms with Crippen LogP contribution < -0.4 is 0 Å². The summed E-state index contributed by atoms with van der Waals surface area (Å²) in [6.45, 7) is 4.50. The number of phenolic OH excluding ortho intramolecular Hbond substituents is 1. The first-order valence-electron chi connectivity index (χ1n) is 5.06. The summed E-state index contributed by atoms with van der Waals surface area (Å²) in [7, 11) is 0. The van der Waals surface area contributed by atoms with E-state index in [-0.39, 0.29) is 5.75 Å². The summed E-state index contributed by atoms with van der Waals surface area (Å²) in [5.74, 6) is 0.191. The lowest BCUT2D eigenvalue weighted by molar-refractivity contribution is 0.475. The molecule has 0 heterocycles. The molecule has 0 atom stereocenters. The maximum absolute atomic E-state index is 9.48. The molecule has 0 unspecified atom stereocenters. The predicted octanol–water partition coefficient (Wildman–Crippen LogP) is 2.85. The van der Waals surface area contributed by atoms with Crippen molar-refractivity contribution >= 4 is 22.5 Å². The highest BCUT2D eigenvalue weighted by Gasteiger charge is 2.09. The SMILES string of the molecule is CCN=C(SC)C(=N)c1cc(C)cc(O)c1. The lowest BCUT2D eigenvalue weighted by Gasteiger charge is -2.07. The number of phenols is 1. The third-order valence-corrected chi connectivity index (χ3v) is 2.78. The quantitative estimate of drug-likeness (QED) is 0.626. The van der Waals surface area contributed by atoms with Gasteiger partial charge in [0.15, 0.2) is 0 Å². The topological polar surface area (TPSA) is 56.4 Å². The van der Waals surface area contributed by atoms with Gasteiger partial charge in [-0.05, 0) is 43.9 Å². The van der Waals surface area contributed by atoms with E-state index in [9.17, 15) is 5.11 Å². The monoisotopic (exact) mass is 236 g/mol. The second-order valence-electron chi connectivity index (χ2n) is 3.42. The molecule has 0 aliphatic rings. The largest absolute Gasteiger partial charge is 0.508 e. The molecular weight excluding hydrogens is 220 g/mol. The van der Waals surface area contributed by atoms with Crippen LogP contribution in [0.4, 0.5) is 0 Å². The minimum atomic E-state index is 0.191. The average molecular weight is 236 g/mol. The summed E-state index contributed by atoms with van der Waals surface area (Å²) in [6.07, 6.45) is 1.90. The van der Waals surface area contributed by atoms with E-state index in [1.54, 1.807) is 12.1 Å². The number of aliphatic imine (C=N–C) groups is 1. The number of hydrogen-bond donors (Lipinski definition) is 2. The number of hydrogen-bond acceptors (Lipinski definition) is 4. The van der Waals surface area contributed by atoms with Crippen LogP contribution in [0, 0.1) is 12.3 Å². The van der Waals surface area contributed by atoms with Crippen LogP contribution >= 0.6 is 11.8 Å². The third-order valence-electron chi connectivity index (χ3n) is 2.06. The second-order valence-corrected chi connectivity index (χ2v) is 4.21. The van der Waals surface area contributed by atoms with Crippen LogP contribution in [0.3, 0.4) is 0 Å². The Bertz CT molecular complexity index is 407. The van der Waals surface area contributed by atoms with E-state index in [4.69, 9.17) is 5.41 Å². The molecule has 0 fully saturated rings. The molecule has 0 radical (unpaired) electrons. The maximum atomic E-state index is 9.48. The number of aromatic hydroxyl groups is 1. The van der Waals surface area contributed by atoms with Crippen molar-refractivity contribution in [2.45, 2.75) is 13.8 Å². The third kappa shape index (κ3) is 3.10. The first kappa shape index (κ1) is 12.8. The van der Waals surface area contributed by atoms with Gasteiger partial charge in [-0.25, -0.2) is 0 Å². The van der Waals surface area contributed by atoms with E-state index in [0.717, 1.165) is 5.56 Å². The molecule has 0 aliphatic carbocycles. The molecule has 2 N–H and O–H groups in total. The molecule has 0 amide bonds. The van der Waals surface area contributed by atoms with Gasteiger partial charge in [-0.15, -0.1) is 11.8 Å². The fourth-order valence-electron chi connectivity index (χ4n) is 1.42. The number of nitrogens with zero attached hydrogens (tertiary/aromatic N) is 1. The minimum Gasteiger partial charge on any atom is -0.508 e. The summed E-state index contributed by atoms with van der Waals surface area (Å²) in [5, 5.41) is 18.2. The molecule has 0 saturated carbocycles. The lowest BCUT2D eigenvalue weighted by Crippen LogP contribution is -2.11. The number of nitrogens with one attached hydrogen (secondary N) is 1. The lowest BCUT2D eigenvalue weighted by atomic mass is 10.1. The summed E-state index contributed by atoms with van der Waals surface area (Å²) < 4.78 is 0. The van der Waals surface area contributed by atoms with E-state index in [1.807, 2.05) is 26.2 Å². The maximum Gasteiger partial charge on any atom is 0.116 e. The zero-order valence-corrected chi connectivity index (χ0v) is 10.6. The molecule has 0 aliphatic heterocycles. The van der Waals surface area contributed by atoms with Gasteiger partial charge in [-0.3, -0.25) is 10.4 Å². The Morgan fingerprint density at radius 2 is 2.12 bits per heavy atom. The Labute approximate surface area is 100 Å². The summed E-state index contributed by atoms with van der Waals surface area (Å²) in [5.41, 5.74) is 2.02.